The quantitative estimate of drug-likeness (QED) is 0.719. The molecule has 3 aromatic rings. The van der Waals surface area contributed by atoms with Crippen LogP contribution in [-0.2, 0) is 6.54 Å². The van der Waals surface area contributed by atoms with Crippen molar-refractivity contribution in [3.05, 3.63) is 50.7 Å². The fourth-order valence-corrected chi connectivity index (χ4v) is 2.30. The summed E-state index contributed by atoms with van der Waals surface area (Å²) in [5.74, 6) is 0. The molecule has 7 heteroatoms. The van der Waals surface area contributed by atoms with Gasteiger partial charge in [0.25, 0.3) is 5.56 Å². The van der Waals surface area contributed by atoms with Crippen LogP contribution >= 0.6 is 22.9 Å². The standard InChI is InChI=1S/C11H7ClN4OS/c12-8-3-1-7(2-4-8)5-16-11(17)9-10(14-15-16)18-6-13-9/h1-4,6H,5H2. The van der Waals surface area contributed by atoms with Crippen LogP contribution in [0.1, 0.15) is 5.56 Å². The molecule has 90 valence electrons. The van der Waals surface area contributed by atoms with Gasteiger partial charge in [-0.1, -0.05) is 28.9 Å². The first-order valence-electron chi connectivity index (χ1n) is 5.15. The number of halogens is 1. The lowest BCUT2D eigenvalue weighted by atomic mass is 10.2. The molecule has 0 fully saturated rings. The van der Waals surface area contributed by atoms with Gasteiger partial charge in [0, 0.05) is 5.02 Å². The van der Waals surface area contributed by atoms with Crippen molar-refractivity contribution in [3.63, 3.8) is 0 Å². The van der Waals surface area contributed by atoms with Crippen LogP contribution in [0.15, 0.2) is 34.6 Å². The molecule has 0 atom stereocenters. The van der Waals surface area contributed by atoms with Gasteiger partial charge in [0.2, 0.25) is 0 Å². The molecule has 2 aromatic heterocycles. The SMILES string of the molecule is O=c1c2ncsc2nnn1Cc1ccc(Cl)cc1. The van der Waals surface area contributed by atoms with Gasteiger partial charge in [-0.05, 0) is 17.7 Å². The summed E-state index contributed by atoms with van der Waals surface area (Å²) in [5.41, 5.74) is 2.67. The second-order valence-corrected chi connectivity index (χ2v) is 4.95. The second-order valence-electron chi connectivity index (χ2n) is 3.68. The Morgan fingerprint density at radius 1 is 1.28 bits per heavy atom. The van der Waals surface area contributed by atoms with Crippen LogP contribution in [0.25, 0.3) is 10.3 Å². The maximum Gasteiger partial charge on any atom is 0.297 e. The van der Waals surface area contributed by atoms with Gasteiger partial charge in [-0.2, -0.15) is 0 Å². The minimum atomic E-state index is -0.226. The first-order chi connectivity index (χ1) is 8.74. The monoisotopic (exact) mass is 278 g/mol. The van der Waals surface area contributed by atoms with E-state index in [0.717, 1.165) is 5.56 Å². The molecule has 0 unspecified atom stereocenters. The molecule has 0 radical (unpaired) electrons. The molecule has 0 aliphatic heterocycles. The Labute approximate surface area is 111 Å². The van der Waals surface area contributed by atoms with Crippen molar-refractivity contribution in [1.29, 1.82) is 0 Å². The molecule has 18 heavy (non-hydrogen) atoms. The summed E-state index contributed by atoms with van der Waals surface area (Å²) in [6.45, 7) is 0.358. The van der Waals surface area contributed by atoms with Crippen LogP contribution in [-0.4, -0.2) is 20.0 Å². The van der Waals surface area contributed by atoms with Crippen LogP contribution in [0.3, 0.4) is 0 Å². The van der Waals surface area contributed by atoms with Crippen molar-refractivity contribution in [2.45, 2.75) is 6.54 Å². The van der Waals surface area contributed by atoms with E-state index in [2.05, 4.69) is 15.3 Å². The lowest BCUT2D eigenvalue weighted by Crippen LogP contribution is -2.24. The third-order valence-corrected chi connectivity index (χ3v) is 3.44. The maximum absolute atomic E-state index is 12.0. The van der Waals surface area contributed by atoms with Crippen LogP contribution in [0.4, 0.5) is 0 Å². The van der Waals surface area contributed by atoms with Gasteiger partial charge in [0.05, 0.1) is 12.1 Å². The van der Waals surface area contributed by atoms with Crippen molar-refractivity contribution in [3.8, 4) is 0 Å². The molecule has 0 aliphatic rings. The highest BCUT2D eigenvalue weighted by Crippen LogP contribution is 2.11. The third-order valence-electron chi connectivity index (χ3n) is 2.47. The van der Waals surface area contributed by atoms with E-state index in [9.17, 15) is 4.79 Å². The van der Waals surface area contributed by atoms with Gasteiger partial charge < -0.3 is 0 Å². The number of hydrogen-bond donors (Lipinski definition) is 0. The Hall–Kier alpha value is -1.79. The molecule has 1 aromatic carbocycles. The smallest absolute Gasteiger partial charge is 0.265 e. The summed E-state index contributed by atoms with van der Waals surface area (Å²) in [6, 6.07) is 7.25. The Morgan fingerprint density at radius 2 is 2.06 bits per heavy atom. The first kappa shape index (κ1) is 11.3. The molecule has 0 saturated carbocycles. The Balaban J connectivity index is 2.02. The van der Waals surface area contributed by atoms with Gasteiger partial charge in [-0.3, -0.25) is 4.79 Å². The van der Waals surface area contributed by atoms with Crippen molar-refractivity contribution >= 4 is 33.3 Å². The fourth-order valence-electron chi connectivity index (χ4n) is 1.58. The molecule has 0 bridgehead atoms. The van der Waals surface area contributed by atoms with Gasteiger partial charge >= 0.3 is 0 Å². The number of benzene rings is 1. The molecule has 0 N–H and O–H groups in total. The highest BCUT2D eigenvalue weighted by atomic mass is 35.5. The van der Waals surface area contributed by atoms with Crippen molar-refractivity contribution in [2.24, 2.45) is 0 Å². The third kappa shape index (κ3) is 2.00. The number of hydrogen-bond acceptors (Lipinski definition) is 5. The molecular formula is C11H7ClN4OS. The van der Waals surface area contributed by atoms with Crippen molar-refractivity contribution in [1.82, 2.24) is 20.0 Å². The van der Waals surface area contributed by atoms with Gasteiger partial charge in [-0.15, -0.1) is 16.4 Å². The minimum Gasteiger partial charge on any atom is -0.265 e. The minimum absolute atomic E-state index is 0.226. The molecular weight excluding hydrogens is 272 g/mol. The van der Waals surface area contributed by atoms with Crippen LogP contribution in [0, 0.1) is 0 Å². The normalized spacial score (nSPS) is 10.9. The summed E-state index contributed by atoms with van der Waals surface area (Å²) in [6.07, 6.45) is 0. The van der Waals surface area contributed by atoms with Gasteiger partial charge in [0.15, 0.2) is 10.3 Å². The highest BCUT2D eigenvalue weighted by Gasteiger charge is 2.08. The molecule has 2 heterocycles. The van der Waals surface area contributed by atoms with E-state index in [1.54, 1.807) is 17.6 Å². The van der Waals surface area contributed by atoms with E-state index < -0.39 is 0 Å². The van der Waals surface area contributed by atoms with Crippen molar-refractivity contribution in [2.75, 3.05) is 0 Å². The number of rotatable bonds is 2. The zero-order chi connectivity index (χ0) is 12.5. The Kier molecular flexibility index (Phi) is 2.81. The molecule has 0 amide bonds. The molecule has 0 spiro atoms. The summed E-state index contributed by atoms with van der Waals surface area (Å²) in [4.78, 5) is 16.6. The lowest BCUT2D eigenvalue weighted by molar-refractivity contribution is 0.601. The maximum atomic E-state index is 12.0. The fraction of sp³-hybridized carbons (Fsp3) is 0.0909. The van der Waals surface area contributed by atoms with Crippen LogP contribution < -0.4 is 5.56 Å². The van der Waals surface area contributed by atoms with Crippen LogP contribution in [0.5, 0.6) is 0 Å². The molecule has 5 nitrogen and oxygen atoms in total. The number of thiazole rings is 1. The molecule has 3 rings (SSSR count). The average molecular weight is 279 g/mol. The van der Waals surface area contributed by atoms with Crippen LogP contribution in [0.2, 0.25) is 5.02 Å². The number of nitrogens with zero attached hydrogens (tertiary/aromatic N) is 4. The molecule has 0 aliphatic carbocycles. The topological polar surface area (TPSA) is 60.7 Å². The Bertz CT molecular complexity index is 750. The van der Waals surface area contributed by atoms with Gasteiger partial charge in [0.1, 0.15) is 0 Å². The molecule has 0 saturated heterocycles. The zero-order valence-corrected chi connectivity index (χ0v) is 10.6. The van der Waals surface area contributed by atoms with E-state index >= 15 is 0 Å². The van der Waals surface area contributed by atoms with Crippen molar-refractivity contribution < 1.29 is 0 Å². The van der Waals surface area contributed by atoms with E-state index in [1.165, 1.54) is 16.0 Å². The van der Waals surface area contributed by atoms with E-state index in [4.69, 9.17) is 11.6 Å². The summed E-state index contributed by atoms with van der Waals surface area (Å²) >= 11 is 7.11. The van der Waals surface area contributed by atoms with E-state index in [-0.39, 0.29) is 5.56 Å². The van der Waals surface area contributed by atoms with Gasteiger partial charge in [-0.25, -0.2) is 9.67 Å². The van der Waals surface area contributed by atoms with E-state index in [0.29, 0.717) is 21.9 Å². The zero-order valence-electron chi connectivity index (χ0n) is 9.08. The largest absolute Gasteiger partial charge is 0.297 e. The predicted molar refractivity (Wildman–Crippen MR) is 70.0 cm³/mol. The van der Waals surface area contributed by atoms with E-state index in [1.807, 2.05) is 12.1 Å². The Morgan fingerprint density at radius 3 is 2.83 bits per heavy atom. The first-order valence-corrected chi connectivity index (χ1v) is 6.41. The number of fused-ring (bicyclic) bond motifs is 1. The predicted octanol–water partition coefficient (Wildman–Crippen LogP) is 1.95. The highest BCUT2D eigenvalue weighted by molar-refractivity contribution is 7.16. The average Bonchev–Trinajstić information content (AvgIpc) is 2.84. The summed E-state index contributed by atoms with van der Waals surface area (Å²) in [7, 11) is 0. The summed E-state index contributed by atoms with van der Waals surface area (Å²) in [5, 5.41) is 8.51. The second kappa shape index (κ2) is 4.47. The lowest BCUT2D eigenvalue weighted by Gasteiger charge is -2.03. The summed E-state index contributed by atoms with van der Waals surface area (Å²) < 4.78 is 1.30. The number of aromatic nitrogens is 4.